The van der Waals surface area contributed by atoms with Gasteiger partial charge in [-0.1, -0.05) is 25.0 Å². The standard InChI is InChI=1S/C13H17NO2/c1-9(15)16-12-6-4-11(5-7-12)13(14)8-10-2-3-10/h4-7,10,13H,2-3,8,14H2,1H3/t13-/m1/s1. The fraction of sp³-hybridized carbons (Fsp3) is 0.462. The summed E-state index contributed by atoms with van der Waals surface area (Å²) in [6.07, 6.45) is 3.70. The first-order valence-electron chi connectivity index (χ1n) is 5.69. The molecule has 1 aliphatic rings. The average Bonchev–Trinajstić information content (AvgIpc) is 3.01. The lowest BCUT2D eigenvalue weighted by molar-refractivity contribution is -0.131. The van der Waals surface area contributed by atoms with Crippen LogP contribution in [0.4, 0.5) is 0 Å². The van der Waals surface area contributed by atoms with Gasteiger partial charge in [-0.2, -0.15) is 0 Å². The van der Waals surface area contributed by atoms with Crippen molar-refractivity contribution < 1.29 is 9.53 Å². The third-order valence-electron chi connectivity index (χ3n) is 2.85. The molecule has 1 aromatic rings. The Labute approximate surface area is 95.6 Å². The summed E-state index contributed by atoms with van der Waals surface area (Å²) in [4.78, 5) is 10.7. The third-order valence-corrected chi connectivity index (χ3v) is 2.85. The van der Waals surface area contributed by atoms with E-state index in [1.54, 1.807) is 12.1 Å². The molecule has 2 N–H and O–H groups in total. The Morgan fingerprint density at radius 1 is 1.44 bits per heavy atom. The Balaban J connectivity index is 1.97. The summed E-state index contributed by atoms with van der Waals surface area (Å²) >= 11 is 0. The number of ether oxygens (including phenoxy) is 1. The quantitative estimate of drug-likeness (QED) is 0.625. The smallest absolute Gasteiger partial charge is 0.308 e. The van der Waals surface area contributed by atoms with Crippen LogP contribution < -0.4 is 10.5 Å². The minimum Gasteiger partial charge on any atom is -0.427 e. The molecule has 86 valence electrons. The molecule has 0 radical (unpaired) electrons. The highest BCUT2D eigenvalue weighted by atomic mass is 16.5. The average molecular weight is 219 g/mol. The Bertz CT molecular complexity index is 368. The van der Waals surface area contributed by atoms with Crippen LogP contribution >= 0.6 is 0 Å². The highest BCUT2D eigenvalue weighted by molar-refractivity contribution is 5.69. The van der Waals surface area contributed by atoms with E-state index in [9.17, 15) is 4.79 Å². The van der Waals surface area contributed by atoms with Crippen LogP contribution in [-0.2, 0) is 4.79 Å². The number of esters is 1. The maximum absolute atomic E-state index is 10.7. The molecule has 0 bridgehead atoms. The van der Waals surface area contributed by atoms with Crippen molar-refractivity contribution in [2.45, 2.75) is 32.2 Å². The van der Waals surface area contributed by atoms with Crippen molar-refractivity contribution in [2.24, 2.45) is 11.7 Å². The van der Waals surface area contributed by atoms with E-state index in [0.29, 0.717) is 5.75 Å². The van der Waals surface area contributed by atoms with Crippen LogP contribution in [0.3, 0.4) is 0 Å². The Hall–Kier alpha value is -1.35. The topological polar surface area (TPSA) is 52.3 Å². The minimum atomic E-state index is -0.296. The first-order valence-corrected chi connectivity index (χ1v) is 5.69. The third kappa shape index (κ3) is 3.07. The van der Waals surface area contributed by atoms with Gasteiger partial charge >= 0.3 is 5.97 Å². The van der Waals surface area contributed by atoms with Gasteiger partial charge in [-0.25, -0.2) is 0 Å². The number of carbonyl (C=O) groups excluding carboxylic acids is 1. The zero-order valence-electron chi connectivity index (χ0n) is 9.48. The summed E-state index contributed by atoms with van der Waals surface area (Å²) < 4.78 is 4.96. The van der Waals surface area contributed by atoms with Gasteiger partial charge in [0.15, 0.2) is 0 Å². The van der Waals surface area contributed by atoms with E-state index >= 15 is 0 Å². The van der Waals surface area contributed by atoms with E-state index in [-0.39, 0.29) is 12.0 Å². The molecule has 2 rings (SSSR count). The van der Waals surface area contributed by atoms with Crippen molar-refractivity contribution in [1.82, 2.24) is 0 Å². The lowest BCUT2D eigenvalue weighted by Gasteiger charge is -2.11. The number of hydrogen-bond acceptors (Lipinski definition) is 3. The molecule has 0 amide bonds. The van der Waals surface area contributed by atoms with Gasteiger partial charge in [-0.05, 0) is 30.0 Å². The molecule has 1 saturated carbocycles. The Kier molecular flexibility index (Phi) is 3.25. The predicted molar refractivity (Wildman–Crippen MR) is 62.0 cm³/mol. The van der Waals surface area contributed by atoms with E-state index < -0.39 is 0 Å². The van der Waals surface area contributed by atoms with Crippen LogP contribution in [0.15, 0.2) is 24.3 Å². The van der Waals surface area contributed by atoms with Gasteiger partial charge in [0.1, 0.15) is 5.75 Å². The maximum atomic E-state index is 10.7. The second kappa shape index (κ2) is 4.66. The zero-order chi connectivity index (χ0) is 11.5. The molecule has 1 fully saturated rings. The Morgan fingerprint density at radius 2 is 2.06 bits per heavy atom. The van der Waals surface area contributed by atoms with Gasteiger partial charge in [0.2, 0.25) is 0 Å². The molecule has 16 heavy (non-hydrogen) atoms. The molecule has 0 saturated heterocycles. The van der Waals surface area contributed by atoms with Gasteiger partial charge < -0.3 is 10.5 Å². The van der Waals surface area contributed by atoms with E-state index in [0.717, 1.165) is 17.9 Å². The molecule has 1 atom stereocenters. The SMILES string of the molecule is CC(=O)Oc1ccc([C@H](N)CC2CC2)cc1. The van der Waals surface area contributed by atoms with Gasteiger partial charge in [-0.15, -0.1) is 0 Å². The summed E-state index contributed by atoms with van der Waals surface area (Å²) in [5, 5.41) is 0. The predicted octanol–water partition coefficient (Wildman–Crippen LogP) is 2.41. The molecular weight excluding hydrogens is 202 g/mol. The summed E-state index contributed by atoms with van der Waals surface area (Å²) in [5.41, 5.74) is 7.19. The second-order valence-corrected chi connectivity index (χ2v) is 4.45. The molecule has 1 aliphatic carbocycles. The highest BCUT2D eigenvalue weighted by Crippen LogP contribution is 2.36. The summed E-state index contributed by atoms with van der Waals surface area (Å²) in [7, 11) is 0. The monoisotopic (exact) mass is 219 g/mol. The summed E-state index contributed by atoms with van der Waals surface area (Å²) in [6, 6.07) is 7.57. The lowest BCUT2D eigenvalue weighted by atomic mass is 10.0. The molecule has 3 nitrogen and oxygen atoms in total. The number of benzene rings is 1. The normalized spacial score (nSPS) is 16.9. The molecule has 0 aliphatic heterocycles. The summed E-state index contributed by atoms with van der Waals surface area (Å²) in [5.74, 6) is 1.10. The van der Waals surface area contributed by atoms with Crippen LogP contribution in [-0.4, -0.2) is 5.97 Å². The first kappa shape index (κ1) is 11.1. The largest absolute Gasteiger partial charge is 0.427 e. The first-order chi connectivity index (χ1) is 7.65. The molecule has 0 aromatic heterocycles. The molecule has 3 heteroatoms. The van der Waals surface area contributed by atoms with Crippen LogP contribution in [0.1, 0.15) is 37.8 Å². The second-order valence-electron chi connectivity index (χ2n) is 4.45. The van der Waals surface area contributed by atoms with Crippen molar-refractivity contribution in [3.05, 3.63) is 29.8 Å². The van der Waals surface area contributed by atoms with Gasteiger partial charge in [0, 0.05) is 13.0 Å². The minimum absolute atomic E-state index is 0.110. The fourth-order valence-corrected chi connectivity index (χ4v) is 1.80. The maximum Gasteiger partial charge on any atom is 0.308 e. The fourth-order valence-electron chi connectivity index (χ4n) is 1.80. The van der Waals surface area contributed by atoms with Crippen LogP contribution in [0.5, 0.6) is 5.75 Å². The molecule has 0 spiro atoms. The van der Waals surface area contributed by atoms with E-state index in [2.05, 4.69) is 0 Å². The van der Waals surface area contributed by atoms with E-state index in [4.69, 9.17) is 10.5 Å². The zero-order valence-corrected chi connectivity index (χ0v) is 9.48. The van der Waals surface area contributed by atoms with Crippen molar-refractivity contribution in [3.8, 4) is 5.75 Å². The van der Waals surface area contributed by atoms with E-state index in [1.165, 1.54) is 19.8 Å². The molecule has 0 heterocycles. The van der Waals surface area contributed by atoms with Crippen LogP contribution in [0.2, 0.25) is 0 Å². The van der Waals surface area contributed by atoms with Crippen molar-refractivity contribution >= 4 is 5.97 Å². The number of nitrogens with two attached hydrogens (primary N) is 1. The van der Waals surface area contributed by atoms with Crippen molar-refractivity contribution in [2.75, 3.05) is 0 Å². The van der Waals surface area contributed by atoms with Gasteiger partial charge in [-0.3, -0.25) is 4.79 Å². The lowest BCUT2D eigenvalue weighted by Crippen LogP contribution is -2.11. The van der Waals surface area contributed by atoms with Crippen molar-refractivity contribution in [1.29, 1.82) is 0 Å². The van der Waals surface area contributed by atoms with Gasteiger partial charge in [0.25, 0.3) is 0 Å². The van der Waals surface area contributed by atoms with Crippen LogP contribution in [0.25, 0.3) is 0 Å². The molecule has 1 aromatic carbocycles. The van der Waals surface area contributed by atoms with Crippen LogP contribution in [0, 0.1) is 5.92 Å². The van der Waals surface area contributed by atoms with Gasteiger partial charge in [0.05, 0.1) is 0 Å². The molecular formula is C13H17NO2. The highest BCUT2D eigenvalue weighted by Gasteiger charge is 2.24. The number of carbonyl (C=O) groups is 1. The van der Waals surface area contributed by atoms with E-state index in [1.807, 2.05) is 12.1 Å². The summed E-state index contributed by atoms with van der Waals surface area (Å²) in [6.45, 7) is 1.40. The number of hydrogen-bond donors (Lipinski definition) is 1. The Morgan fingerprint density at radius 3 is 2.56 bits per heavy atom. The number of rotatable bonds is 4. The van der Waals surface area contributed by atoms with Crippen molar-refractivity contribution in [3.63, 3.8) is 0 Å². The molecule has 0 unspecified atom stereocenters.